The molecule has 35 valence electrons. The van der Waals surface area contributed by atoms with E-state index in [0.717, 1.165) is 0 Å². The van der Waals surface area contributed by atoms with Gasteiger partial charge in [0.25, 0.3) is 0 Å². The highest BCUT2D eigenvalue weighted by atomic mass is 16.7. The molecule has 6 heavy (non-hydrogen) atoms. The first-order chi connectivity index (χ1) is 2.91. The molecule has 0 amide bonds. The van der Waals surface area contributed by atoms with Crippen LogP contribution in [0.1, 0.15) is 0 Å². The van der Waals surface area contributed by atoms with Crippen molar-refractivity contribution >= 4 is 6.47 Å². The highest BCUT2D eigenvalue weighted by Crippen LogP contribution is 1.62. The first-order valence-electron chi connectivity index (χ1n) is 1.39. The van der Waals surface area contributed by atoms with Crippen molar-refractivity contribution in [2.45, 2.75) is 0 Å². The Labute approximate surface area is 35.9 Å². The number of hydrogen-bond acceptors (Lipinski definition) is 3. The van der Waals surface area contributed by atoms with Crippen molar-refractivity contribution < 1.29 is 14.3 Å². The molecule has 0 spiro atoms. The molecule has 3 heteroatoms. The van der Waals surface area contributed by atoms with Crippen LogP contribution >= 0.6 is 0 Å². The average Bonchev–Trinajstić information content (AvgIpc) is 1.61. The van der Waals surface area contributed by atoms with Crippen LogP contribution in [0, 0.1) is 0 Å². The third kappa shape index (κ3) is 3.43. The van der Waals surface area contributed by atoms with Crippen LogP contribution in [0.25, 0.3) is 0 Å². The Morgan fingerprint density at radius 3 is 2.67 bits per heavy atom. The topological polar surface area (TPSA) is 35.5 Å². The maximum Gasteiger partial charge on any atom is 0.419 e. The number of hydrogen-bond donors (Lipinski definition) is 0. The van der Waals surface area contributed by atoms with Crippen LogP contribution in [-0.2, 0) is 14.3 Å². The predicted molar refractivity (Wildman–Crippen MR) is 18.7 cm³/mol. The monoisotopic (exact) mass is 89.0 g/mol. The first kappa shape index (κ1) is 5.43. The predicted octanol–water partition coefficient (Wildman–Crippen LogP) is -0.326. The van der Waals surface area contributed by atoms with Gasteiger partial charge in [-0.25, -0.2) is 4.79 Å². The third-order valence-electron chi connectivity index (χ3n) is 0.236. The quantitative estimate of drug-likeness (QED) is 0.351. The molecule has 3 nitrogen and oxygen atoms in total. The Morgan fingerprint density at radius 1 is 1.83 bits per heavy atom. The summed E-state index contributed by atoms with van der Waals surface area (Å²) in [6.45, 7) is 1.18. The molecule has 1 radical (unpaired) electrons. The summed E-state index contributed by atoms with van der Waals surface area (Å²) < 4.78 is 8.25. The Balaban J connectivity index is 2.49. The highest BCUT2D eigenvalue weighted by molar-refractivity contribution is 5.37. The molecule has 0 aromatic heterocycles. The van der Waals surface area contributed by atoms with E-state index in [9.17, 15) is 0 Å². The molecule has 0 unspecified atom stereocenters. The summed E-state index contributed by atoms with van der Waals surface area (Å²) in [6.07, 6.45) is 0. The van der Waals surface area contributed by atoms with Crippen molar-refractivity contribution in [3.8, 4) is 0 Å². The van der Waals surface area contributed by atoms with Gasteiger partial charge in [0.05, 0.1) is 0 Å². The van der Waals surface area contributed by atoms with Crippen LogP contribution in [0.2, 0.25) is 0 Å². The smallest absolute Gasteiger partial charge is 0.419 e. The maximum absolute atomic E-state index is 9.14. The molecule has 0 fully saturated rings. The van der Waals surface area contributed by atoms with Gasteiger partial charge < -0.3 is 9.47 Å². The summed E-state index contributed by atoms with van der Waals surface area (Å²) in [7, 11) is 1.43. The van der Waals surface area contributed by atoms with Crippen LogP contribution in [0.3, 0.4) is 0 Å². The van der Waals surface area contributed by atoms with Crippen LogP contribution in [0.4, 0.5) is 0 Å². The molecule has 0 saturated carbocycles. The van der Waals surface area contributed by atoms with Crippen molar-refractivity contribution in [1.82, 2.24) is 0 Å². The fourth-order valence-corrected chi connectivity index (χ4v) is 0.0830. The third-order valence-corrected chi connectivity index (χ3v) is 0.236. The first-order valence-corrected chi connectivity index (χ1v) is 1.39. The minimum absolute atomic E-state index is 0.0104. The molecule has 0 aliphatic rings. The zero-order valence-electron chi connectivity index (χ0n) is 3.43. The van der Waals surface area contributed by atoms with Crippen LogP contribution in [0.15, 0.2) is 0 Å². The van der Waals surface area contributed by atoms with Gasteiger partial charge in [-0.15, -0.1) is 0 Å². The molecule has 0 bridgehead atoms. The number of carbonyl (C=O) groups excluding carboxylic acids is 1. The van der Waals surface area contributed by atoms with E-state index in [4.69, 9.17) is 4.79 Å². The van der Waals surface area contributed by atoms with E-state index in [1.54, 1.807) is 0 Å². The molecular formula is C3H5O3. The van der Waals surface area contributed by atoms with Gasteiger partial charge in [0.15, 0.2) is 6.79 Å². The Morgan fingerprint density at radius 2 is 2.50 bits per heavy atom. The second kappa shape index (κ2) is 4.43. The van der Waals surface area contributed by atoms with Gasteiger partial charge in [-0.2, -0.15) is 0 Å². The summed E-state index contributed by atoms with van der Waals surface area (Å²) >= 11 is 0. The lowest BCUT2D eigenvalue weighted by Gasteiger charge is -1.87. The lowest BCUT2D eigenvalue weighted by Crippen LogP contribution is -1.91. The van der Waals surface area contributed by atoms with Crippen molar-refractivity contribution in [3.05, 3.63) is 0 Å². The molecule has 0 aromatic rings. The van der Waals surface area contributed by atoms with Crippen molar-refractivity contribution in [1.29, 1.82) is 0 Å². The molecule has 0 aliphatic heterocycles. The van der Waals surface area contributed by atoms with Crippen molar-refractivity contribution in [3.63, 3.8) is 0 Å². The largest absolute Gasteiger partial charge is 0.430 e. The fraction of sp³-hybridized carbons (Fsp3) is 0.667. The van der Waals surface area contributed by atoms with Crippen LogP contribution in [-0.4, -0.2) is 20.4 Å². The van der Waals surface area contributed by atoms with Crippen molar-refractivity contribution in [2.75, 3.05) is 13.9 Å². The van der Waals surface area contributed by atoms with E-state index in [1.807, 2.05) is 0 Å². The van der Waals surface area contributed by atoms with Gasteiger partial charge in [0.1, 0.15) is 0 Å². The average molecular weight is 89.1 g/mol. The van der Waals surface area contributed by atoms with Crippen molar-refractivity contribution in [2.24, 2.45) is 0 Å². The van der Waals surface area contributed by atoms with Gasteiger partial charge in [0, 0.05) is 7.11 Å². The highest BCUT2D eigenvalue weighted by Gasteiger charge is 1.72. The molecular weight excluding hydrogens is 84.0 g/mol. The van der Waals surface area contributed by atoms with E-state index in [2.05, 4.69) is 9.47 Å². The molecule has 0 heterocycles. The maximum atomic E-state index is 9.14. The molecule has 0 aliphatic carbocycles. The van der Waals surface area contributed by atoms with E-state index in [0.29, 0.717) is 0 Å². The molecule has 0 rings (SSSR count). The fourth-order valence-electron chi connectivity index (χ4n) is 0.0830. The zero-order chi connectivity index (χ0) is 4.83. The summed E-state index contributed by atoms with van der Waals surface area (Å²) in [5.41, 5.74) is 0. The number of rotatable bonds is 3. The Kier molecular flexibility index (Phi) is 4.01. The minimum Gasteiger partial charge on any atom is -0.430 e. The molecule has 0 saturated heterocycles. The summed E-state index contributed by atoms with van der Waals surface area (Å²) in [5, 5.41) is 0. The summed E-state index contributed by atoms with van der Waals surface area (Å²) in [6, 6.07) is 0. The summed E-state index contributed by atoms with van der Waals surface area (Å²) in [4.78, 5) is 9.14. The SMILES string of the molecule is COCO[C]=O. The van der Waals surface area contributed by atoms with Crippen LogP contribution in [0.5, 0.6) is 0 Å². The van der Waals surface area contributed by atoms with E-state index in [1.165, 1.54) is 13.6 Å². The van der Waals surface area contributed by atoms with Gasteiger partial charge in [-0.05, 0) is 0 Å². The Bertz CT molecular complexity index is 35.0. The minimum atomic E-state index is -0.0104. The lowest BCUT2D eigenvalue weighted by molar-refractivity contribution is 0.0398. The lowest BCUT2D eigenvalue weighted by atomic mass is 11.3. The molecule has 0 aromatic carbocycles. The molecule has 0 atom stereocenters. The zero-order valence-corrected chi connectivity index (χ0v) is 3.43. The summed E-state index contributed by atoms with van der Waals surface area (Å²) in [5.74, 6) is 0. The molecule has 0 N–H and O–H groups in total. The number of ether oxygens (including phenoxy) is 2. The van der Waals surface area contributed by atoms with Gasteiger partial charge in [0.2, 0.25) is 0 Å². The van der Waals surface area contributed by atoms with Gasteiger partial charge in [-0.1, -0.05) is 0 Å². The van der Waals surface area contributed by atoms with Gasteiger partial charge in [-0.3, -0.25) is 0 Å². The second-order valence-electron chi connectivity index (χ2n) is 0.634. The second-order valence-corrected chi connectivity index (χ2v) is 0.634. The van der Waals surface area contributed by atoms with E-state index in [-0.39, 0.29) is 6.79 Å². The van der Waals surface area contributed by atoms with E-state index < -0.39 is 0 Å². The number of methoxy groups -OCH3 is 1. The standard InChI is InChI=1S/C3H5O3/c1-5-3-6-2-4/h3H2,1H3. The Hall–Kier alpha value is -0.570. The normalized spacial score (nSPS) is 7.50. The van der Waals surface area contributed by atoms with Gasteiger partial charge >= 0.3 is 6.47 Å². The van der Waals surface area contributed by atoms with E-state index >= 15 is 0 Å². The van der Waals surface area contributed by atoms with Crippen LogP contribution < -0.4 is 0 Å².